The quantitative estimate of drug-likeness (QED) is 0.201. The van der Waals surface area contributed by atoms with Crippen LogP contribution in [0.15, 0.2) is 65.0 Å². The number of ether oxygens (including phenoxy) is 1. The maximum Gasteiger partial charge on any atom is 0.292 e. The Morgan fingerprint density at radius 1 is 1.12 bits per heavy atom. The number of alkyl halides is 2. The van der Waals surface area contributed by atoms with Gasteiger partial charge in [0.2, 0.25) is 0 Å². The number of benzene rings is 2. The monoisotopic (exact) mass is 622 g/mol. The number of thiazole rings is 1. The van der Waals surface area contributed by atoms with Crippen molar-refractivity contribution >= 4 is 42.3 Å². The van der Waals surface area contributed by atoms with E-state index in [-0.39, 0.29) is 17.1 Å². The normalized spacial score (nSPS) is 12.7. The van der Waals surface area contributed by atoms with Gasteiger partial charge in [0, 0.05) is 16.6 Å². The highest BCUT2D eigenvalue weighted by Crippen LogP contribution is 2.37. The maximum atomic E-state index is 15.0. The molecule has 0 saturated carbocycles. The molecule has 0 amide bonds. The minimum absolute atomic E-state index is 0.130. The molecule has 220 valence electrons. The van der Waals surface area contributed by atoms with Crippen molar-refractivity contribution in [3.8, 4) is 28.1 Å². The van der Waals surface area contributed by atoms with Crippen molar-refractivity contribution in [1.82, 2.24) is 24.1 Å². The van der Waals surface area contributed by atoms with Crippen molar-refractivity contribution in [2.75, 3.05) is 12.3 Å². The third kappa shape index (κ3) is 5.25. The van der Waals surface area contributed by atoms with Crippen LogP contribution >= 0.6 is 20.6 Å². The lowest BCUT2D eigenvalue weighted by molar-refractivity contribution is 0.0446. The molecule has 0 fully saturated rings. The zero-order chi connectivity index (χ0) is 30.6. The second-order valence-electron chi connectivity index (χ2n) is 10.3. The summed E-state index contributed by atoms with van der Waals surface area (Å²) in [5.74, 6) is -1.04. The molecule has 2 N–H and O–H groups in total. The molecule has 0 aliphatic rings. The lowest BCUT2D eigenvalue weighted by Crippen LogP contribution is -2.21. The van der Waals surface area contributed by atoms with Crippen LogP contribution in [0.1, 0.15) is 29.8 Å². The number of fused-ring (bicyclic) bond motifs is 2. The second kappa shape index (κ2) is 10.8. The third-order valence-corrected chi connectivity index (χ3v) is 8.34. The molecule has 0 bridgehead atoms. The Morgan fingerprint density at radius 3 is 2.63 bits per heavy atom. The molecule has 0 saturated heterocycles. The highest BCUT2D eigenvalue weighted by Gasteiger charge is 2.27. The van der Waals surface area contributed by atoms with Crippen LogP contribution in [0.5, 0.6) is 5.75 Å². The van der Waals surface area contributed by atoms with E-state index in [4.69, 9.17) is 15.6 Å². The van der Waals surface area contributed by atoms with Crippen molar-refractivity contribution in [2.24, 2.45) is 0 Å². The fraction of sp³-hybridized carbons (Fsp3) is 0.200. The van der Waals surface area contributed by atoms with Crippen LogP contribution in [0.3, 0.4) is 0 Å². The van der Waals surface area contributed by atoms with E-state index >= 15 is 4.39 Å². The number of rotatable bonds is 7. The van der Waals surface area contributed by atoms with Crippen LogP contribution in [0, 0.1) is 19.7 Å². The van der Waals surface area contributed by atoms with Gasteiger partial charge in [-0.3, -0.25) is 9.20 Å². The Balaban J connectivity index is 1.53. The van der Waals surface area contributed by atoms with Gasteiger partial charge in [-0.25, -0.2) is 19.0 Å². The predicted molar refractivity (Wildman–Crippen MR) is 166 cm³/mol. The number of nitrogens with two attached hydrogens (primary N) is 1. The standard InChI is InChI=1S/C30H26F3N6O2PS/c1-15-5-4-6-18(9-15)24-20(11-23-38(29(24)40)16(2)12-43-23)17(3)39-28-25(27(34)35-14-36-28)26(37-39)19-7-8-22(21(31)10-19)41-13-30(32,33)42/h4-12,14,17H,13,42H2,1-3H3,(H2,34,35,36)/t17-/m0/s1. The average molecular weight is 623 g/mol. The molecule has 6 aromatic rings. The average Bonchev–Trinajstić information content (AvgIpc) is 3.53. The van der Waals surface area contributed by atoms with Gasteiger partial charge in [0.05, 0.1) is 17.0 Å². The summed E-state index contributed by atoms with van der Waals surface area (Å²) < 4.78 is 49.8. The van der Waals surface area contributed by atoms with Crippen molar-refractivity contribution in [3.63, 3.8) is 0 Å². The number of aromatic nitrogens is 5. The first-order valence-electron chi connectivity index (χ1n) is 13.2. The van der Waals surface area contributed by atoms with Gasteiger partial charge < -0.3 is 10.5 Å². The Bertz CT molecular complexity index is 2090. The Hall–Kier alpha value is -4.28. The molecule has 6 rings (SSSR count). The van der Waals surface area contributed by atoms with Crippen LogP contribution in [-0.2, 0) is 0 Å². The zero-order valence-corrected chi connectivity index (χ0v) is 25.3. The van der Waals surface area contributed by atoms with E-state index < -0.39 is 24.1 Å². The number of hydrogen-bond donors (Lipinski definition) is 1. The summed E-state index contributed by atoms with van der Waals surface area (Å²) in [5, 5.41) is 7.14. The number of aryl methyl sites for hydroxylation is 2. The first-order valence-corrected chi connectivity index (χ1v) is 14.7. The molecular formula is C30H26F3N6O2PS. The summed E-state index contributed by atoms with van der Waals surface area (Å²) in [6.07, 6.45) is 1.31. The fourth-order valence-electron chi connectivity index (χ4n) is 5.18. The lowest BCUT2D eigenvalue weighted by atomic mass is 9.96. The molecule has 4 aromatic heterocycles. The van der Waals surface area contributed by atoms with Crippen LogP contribution in [-0.4, -0.2) is 36.4 Å². The number of nitrogens with zero attached hydrogens (tertiary/aromatic N) is 5. The van der Waals surface area contributed by atoms with Gasteiger partial charge in [-0.1, -0.05) is 39.1 Å². The zero-order valence-electron chi connectivity index (χ0n) is 23.3. The van der Waals surface area contributed by atoms with E-state index in [1.54, 1.807) is 9.08 Å². The van der Waals surface area contributed by atoms with Crippen molar-refractivity contribution < 1.29 is 17.9 Å². The van der Waals surface area contributed by atoms with Gasteiger partial charge in [-0.05, 0) is 56.2 Å². The Labute approximate surface area is 250 Å². The van der Waals surface area contributed by atoms with E-state index in [1.165, 1.54) is 39.0 Å². The predicted octanol–water partition coefficient (Wildman–Crippen LogP) is 6.63. The molecular weight excluding hydrogens is 596 g/mol. The van der Waals surface area contributed by atoms with Crippen LogP contribution in [0.25, 0.3) is 38.2 Å². The highest BCUT2D eigenvalue weighted by molar-refractivity contribution is 7.18. The molecule has 2 atom stereocenters. The Morgan fingerprint density at radius 2 is 1.91 bits per heavy atom. The fourth-order valence-corrected chi connectivity index (χ4v) is 6.19. The van der Waals surface area contributed by atoms with Gasteiger partial charge in [0.15, 0.2) is 23.8 Å². The molecule has 0 spiro atoms. The van der Waals surface area contributed by atoms with E-state index in [1.807, 2.05) is 56.5 Å². The molecule has 0 radical (unpaired) electrons. The van der Waals surface area contributed by atoms with Crippen molar-refractivity contribution in [1.29, 1.82) is 0 Å². The lowest BCUT2D eigenvalue weighted by Gasteiger charge is -2.18. The van der Waals surface area contributed by atoms with Gasteiger partial charge >= 0.3 is 0 Å². The minimum Gasteiger partial charge on any atom is -0.484 e. The number of anilines is 1. The van der Waals surface area contributed by atoms with E-state index in [0.29, 0.717) is 27.9 Å². The van der Waals surface area contributed by atoms with E-state index in [2.05, 4.69) is 9.97 Å². The van der Waals surface area contributed by atoms with Gasteiger partial charge in [0.25, 0.3) is 11.2 Å². The van der Waals surface area contributed by atoms with Gasteiger partial charge in [-0.2, -0.15) is 13.9 Å². The largest absolute Gasteiger partial charge is 0.484 e. The molecule has 0 aliphatic carbocycles. The minimum atomic E-state index is -3.20. The number of nitrogen functional groups attached to an aromatic ring is 1. The number of pyridine rings is 1. The van der Waals surface area contributed by atoms with E-state index in [9.17, 15) is 13.6 Å². The molecule has 43 heavy (non-hydrogen) atoms. The summed E-state index contributed by atoms with van der Waals surface area (Å²) >= 11 is 1.46. The van der Waals surface area contributed by atoms with Crippen molar-refractivity contribution in [3.05, 3.63) is 93.2 Å². The summed E-state index contributed by atoms with van der Waals surface area (Å²) in [6.45, 7) is 4.76. The van der Waals surface area contributed by atoms with Gasteiger partial charge in [-0.15, -0.1) is 11.3 Å². The van der Waals surface area contributed by atoms with Crippen LogP contribution in [0.4, 0.5) is 19.0 Å². The molecule has 8 nitrogen and oxygen atoms in total. The first-order chi connectivity index (χ1) is 20.4. The number of hydrogen-bond acceptors (Lipinski definition) is 7. The molecule has 0 aliphatic heterocycles. The Kier molecular flexibility index (Phi) is 7.22. The summed E-state index contributed by atoms with van der Waals surface area (Å²) in [7, 11) is 1.36. The summed E-state index contributed by atoms with van der Waals surface area (Å²) in [5.41, 5.74) is 7.80. The first kappa shape index (κ1) is 28.8. The van der Waals surface area contributed by atoms with Gasteiger partial charge in [0.1, 0.15) is 22.7 Å². The smallest absolute Gasteiger partial charge is 0.292 e. The number of halogens is 3. The third-order valence-electron chi connectivity index (χ3n) is 7.18. The maximum absolute atomic E-state index is 15.0. The molecule has 1 unspecified atom stereocenters. The molecule has 4 heterocycles. The highest BCUT2D eigenvalue weighted by atomic mass is 32.1. The topological polar surface area (TPSA) is 100 Å². The van der Waals surface area contributed by atoms with Crippen LogP contribution < -0.4 is 16.0 Å². The summed E-state index contributed by atoms with van der Waals surface area (Å²) in [6, 6.07) is 13.1. The van der Waals surface area contributed by atoms with Crippen LogP contribution in [0.2, 0.25) is 0 Å². The van der Waals surface area contributed by atoms with Crippen molar-refractivity contribution in [2.45, 2.75) is 32.5 Å². The molecule has 2 aromatic carbocycles. The SMILES string of the molecule is Cc1cccc(-c2c([C@H](C)n3nc(-c4ccc(OCC(F)(F)P)c(F)c4)c4c(N)ncnc43)cc3scc(C)n3c2=O)c1. The second-order valence-corrected chi connectivity index (χ2v) is 12.1. The van der Waals surface area contributed by atoms with E-state index in [0.717, 1.165) is 33.3 Å². The summed E-state index contributed by atoms with van der Waals surface area (Å²) in [4.78, 5) is 23.4. The molecule has 13 heteroatoms.